The number of benzene rings is 2. The Hall–Kier alpha value is -2.21. The Morgan fingerprint density at radius 2 is 1.83 bits per heavy atom. The number of carbonyl (C=O) groups excluding carboxylic acids is 2. The first-order chi connectivity index (χ1) is 11.4. The van der Waals surface area contributed by atoms with Crippen molar-refractivity contribution >= 4 is 39.1 Å². The van der Waals surface area contributed by atoms with Crippen LogP contribution in [0.4, 0.5) is 15.8 Å². The highest BCUT2D eigenvalue weighted by Gasteiger charge is 2.08. The maximum atomic E-state index is 13.7. The van der Waals surface area contributed by atoms with Gasteiger partial charge in [-0.3, -0.25) is 9.59 Å². The molecular weight excluding hydrogens is 375 g/mol. The molecular formula is C18H18BrFN2O2. The second-order valence-corrected chi connectivity index (χ2v) is 6.32. The zero-order valence-corrected chi connectivity index (χ0v) is 15.1. The zero-order chi connectivity index (χ0) is 17.7. The van der Waals surface area contributed by atoms with Gasteiger partial charge in [-0.1, -0.05) is 22.0 Å². The summed E-state index contributed by atoms with van der Waals surface area (Å²) in [5, 5.41) is 2.76. The van der Waals surface area contributed by atoms with Gasteiger partial charge < -0.3 is 10.2 Å². The Bertz CT molecular complexity index is 747. The van der Waals surface area contributed by atoms with Crippen LogP contribution in [0.15, 0.2) is 46.9 Å². The van der Waals surface area contributed by atoms with Gasteiger partial charge in [0.1, 0.15) is 5.82 Å². The number of hydrogen-bond donors (Lipinski definition) is 1. The summed E-state index contributed by atoms with van der Waals surface area (Å²) in [5.74, 6) is -0.581. The number of aryl methyl sites for hydroxylation is 1. The number of nitrogens with zero attached hydrogens (tertiary/aromatic N) is 1. The summed E-state index contributed by atoms with van der Waals surface area (Å²) in [5.41, 5.74) is 1.89. The number of amides is 2. The molecule has 0 heterocycles. The van der Waals surface area contributed by atoms with Crippen molar-refractivity contribution < 1.29 is 14.0 Å². The first kappa shape index (κ1) is 18.1. The molecule has 6 heteroatoms. The SMILES string of the molecule is CC(=O)N(C)c1ccc(NC(=O)CCc2ccc(Br)cc2F)cc1. The molecule has 0 saturated carbocycles. The normalized spacial score (nSPS) is 10.3. The lowest BCUT2D eigenvalue weighted by Gasteiger charge is -2.15. The molecule has 0 radical (unpaired) electrons. The fourth-order valence-corrected chi connectivity index (χ4v) is 2.48. The fraction of sp³-hybridized carbons (Fsp3) is 0.222. The second-order valence-electron chi connectivity index (χ2n) is 5.41. The van der Waals surface area contributed by atoms with E-state index in [2.05, 4.69) is 21.2 Å². The van der Waals surface area contributed by atoms with E-state index in [4.69, 9.17) is 0 Å². The monoisotopic (exact) mass is 392 g/mol. The predicted octanol–water partition coefficient (Wildman–Crippen LogP) is 4.14. The summed E-state index contributed by atoms with van der Waals surface area (Å²) in [6, 6.07) is 11.8. The molecule has 1 N–H and O–H groups in total. The minimum absolute atomic E-state index is 0.0664. The summed E-state index contributed by atoms with van der Waals surface area (Å²) < 4.78 is 14.4. The molecule has 0 fully saturated rings. The number of nitrogens with one attached hydrogen (secondary N) is 1. The van der Waals surface area contributed by atoms with Crippen molar-refractivity contribution in [2.45, 2.75) is 19.8 Å². The van der Waals surface area contributed by atoms with Crippen LogP contribution in [-0.4, -0.2) is 18.9 Å². The van der Waals surface area contributed by atoms with Crippen molar-refractivity contribution in [3.63, 3.8) is 0 Å². The maximum Gasteiger partial charge on any atom is 0.224 e. The Kier molecular flexibility index (Phi) is 6.09. The molecule has 126 valence electrons. The molecule has 24 heavy (non-hydrogen) atoms. The summed E-state index contributed by atoms with van der Waals surface area (Å²) in [6.07, 6.45) is 0.518. The molecule has 0 aliphatic carbocycles. The minimum atomic E-state index is -0.325. The van der Waals surface area contributed by atoms with E-state index >= 15 is 0 Å². The quantitative estimate of drug-likeness (QED) is 0.830. The third-order valence-electron chi connectivity index (χ3n) is 3.65. The van der Waals surface area contributed by atoms with Crippen LogP contribution in [-0.2, 0) is 16.0 Å². The predicted molar refractivity (Wildman–Crippen MR) is 96.6 cm³/mol. The zero-order valence-electron chi connectivity index (χ0n) is 13.5. The van der Waals surface area contributed by atoms with Crippen molar-refractivity contribution in [2.24, 2.45) is 0 Å². The lowest BCUT2D eigenvalue weighted by Crippen LogP contribution is -2.22. The van der Waals surface area contributed by atoms with Gasteiger partial charge in [0.15, 0.2) is 0 Å². The smallest absolute Gasteiger partial charge is 0.224 e. The Balaban J connectivity index is 1.91. The van der Waals surface area contributed by atoms with Crippen molar-refractivity contribution in [1.29, 1.82) is 0 Å². The highest BCUT2D eigenvalue weighted by atomic mass is 79.9. The molecule has 0 saturated heterocycles. The first-order valence-corrected chi connectivity index (χ1v) is 8.24. The average Bonchev–Trinajstić information content (AvgIpc) is 2.54. The fourth-order valence-electron chi connectivity index (χ4n) is 2.15. The van der Waals surface area contributed by atoms with Crippen molar-refractivity contribution in [3.8, 4) is 0 Å². The van der Waals surface area contributed by atoms with Crippen LogP contribution in [0.3, 0.4) is 0 Å². The van der Waals surface area contributed by atoms with Gasteiger partial charge in [-0.2, -0.15) is 0 Å². The van der Waals surface area contributed by atoms with Gasteiger partial charge in [-0.25, -0.2) is 4.39 Å². The number of rotatable bonds is 5. The van der Waals surface area contributed by atoms with Crippen LogP contribution in [0.1, 0.15) is 18.9 Å². The van der Waals surface area contributed by atoms with Gasteiger partial charge in [-0.05, 0) is 48.4 Å². The molecule has 2 aromatic carbocycles. The largest absolute Gasteiger partial charge is 0.326 e. The van der Waals surface area contributed by atoms with Crippen molar-refractivity contribution in [3.05, 3.63) is 58.3 Å². The lowest BCUT2D eigenvalue weighted by atomic mass is 10.1. The highest BCUT2D eigenvalue weighted by molar-refractivity contribution is 9.10. The standard InChI is InChI=1S/C18H18BrFN2O2/c1-12(23)22(2)16-8-6-15(7-9-16)21-18(24)10-4-13-3-5-14(19)11-17(13)20/h3,5-9,11H,4,10H2,1-2H3,(H,21,24). The molecule has 0 aromatic heterocycles. The molecule has 2 amide bonds. The van der Waals surface area contributed by atoms with E-state index in [0.717, 1.165) is 5.69 Å². The highest BCUT2D eigenvalue weighted by Crippen LogP contribution is 2.19. The van der Waals surface area contributed by atoms with E-state index in [1.807, 2.05) is 0 Å². The van der Waals surface area contributed by atoms with E-state index in [0.29, 0.717) is 22.1 Å². The second kappa shape index (κ2) is 8.06. The van der Waals surface area contributed by atoms with Gasteiger partial charge in [0.05, 0.1) is 0 Å². The van der Waals surface area contributed by atoms with Gasteiger partial charge in [-0.15, -0.1) is 0 Å². The van der Waals surface area contributed by atoms with E-state index in [1.165, 1.54) is 17.9 Å². The van der Waals surface area contributed by atoms with Crippen LogP contribution in [0, 0.1) is 5.82 Å². The summed E-state index contributed by atoms with van der Waals surface area (Å²) >= 11 is 3.20. The van der Waals surface area contributed by atoms with E-state index < -0.39 is 0 Å². The minimum Gasteiger partial charge on any atom is -0.326 e. The Morgan fingerprint density at radius 1 is 1.17 bits per heavy atom. The molecule has 0 spiro atoms. The van der Waals surface area contributed by atoms with Gasteiger partial charge in [0, 0.05) is 36.2 Å². The Labute approximate surface area is 148 Å². The van der Waals surface area contributed by atoms with Crippen molar-refractivity contribution in [2.75, 3.05) is 17.3 Å². The summed E-state index contributed by atoms with van der Waals surface area (Å²) in [6.45, 7) is 1.48. The molecule has 0 bridgehead atoms. The van der Waals surface area contributed by atoms with E-state index in [1.54, 1.807) is 43.4 Å². The molecule has 0 aliphatic rings. The molecule has 0 atom stereocenters. The van der Waals surface area contributed by atoms with E-state index in [-0.39, 0.29) is 24.1 Å². The number of anilines is 2. The van der Waals surface area contributed by atoms with Gasteiger partial charge in [0.2, 0.25) is 11.8 Å². The molecule has 0 aliphatic heterocycles. The topological polar surface area (TPSA) is 49.4 Å². The van der Waals surface area contributed by atoms with Crippen LogP contribution < -0.4 is 10.2 Å². The molecule has 0 unspecified atom stereocenters. The third kappa shape index (κ3) is 4.89. The van der Waals surface area contributed by atoms with Gasteiger partial charge in [0.25, 0.3) is 0 Å². The lowest BCUT2D eigenvalue weighted by molar-refractivity contribution is -0.117. The summed E-state index contributed by atoms with van der Waals surface area (Å²) in [4.78, 5) is 24.8. The van der Waals surface area contributed by atoms with Crippen LogP contribution in [0.2, 0.25) is 0 Å². The molecule has 4 nitrogen and oxygen atoms in total. The third-order valence-corrected chi connectivity index (χ3v) is 4.14. The van der Waals surface area contributed by atoms with Gasteiger partial charge >= 0.3 is 0 Å². The Morgan fingerprint density at radius 3 is 2.42 bits per heavy atom. The maximum absolute atomic E-state index is 13.7. The number of hydrogen-bond acceptors (Lipinski definition) is 2. The first-order valence-electron chi connectivity index (χ1n) is 7.45. The molecule has 2 rings (SSSR count). The molecule has 2 aromatic rings. The average molecular weight is 393 g/mol. The van der Waals surface area contributed by atoms with Crippen LogP contribution in [0.5, 0.6) is 0 Å². The van der Waals surface area contributed by atoms with Crippen LogP contribution in [0.25, 0.3) is 0 Å². The number of halogens is 2. The van der Waals surface area contributed by atoms with Crippen LogP contribution >= 0.6 is 15.9 Å². The summed E-state index contributed by atoms with van der Waals surface area (Å²) in [7, 11) is 1.68. The number of carbonyl (C=O) groups is 2. The van der Waals surface area contributed by atoms with Crippen molar-refractivity contribution in [1.82, 2.24) is 0 Å². The van der Waals surface area contributed by atoms with E-state index in [9.17, 15) is 14.0 Å².